The first-order valence-electron chi connectivity index (χ1n) is 11.2. The maximum atomic E-state index is 5.66. The summed E-state index contributed by atoms with van der Waals surface area (Å²) in [5.74, 6) is 1.76. The highest BCUT2D eigenvalue weighted by Gasteiger charge is 2.26. The van der Waals surface area contributed by atoms with Crippen LogP contribution in [0.1, 0.15) is 35.6 Å². The Morgan fingerprint density at radius 3 is 2.39 bits per heavy atom. The highest BCUT2D eigenvalue weighted by molar-refractivity contribution is 5.79. The molecule has 1 atom stereocenters. The molecule has 2 aromatic rings. The van der Waals surface area contributed by atoms with Gasteiger partial charge in [0, 0.05) is 32.2 Å². The first-order chi connectivity index (χ1) is 15.1. The first-order valence-corrected chi connectivity index (χ1v) is 11.2. The highest BCUT2D eigenvalue weighted by Crippen LogP contribution is 2.31. The van der Waals surface area contributed by atoms with Crippen LogP contribution in [0.2, 0.25) is 0 Å². The summed E-state index contributed by atoms with van der Waals surface area (Å²) in [6, 6.07) is 17.2. The molecule has 0 spiro atoms. The normalized spacial score (nSPS) is 15.8. The van der Waals surface area contributed by atoms with E-state index in [9.17, 15) is 0 Å². The number of aliphatic imine (C=N–C) groups is 1. The van der Waals surface area contributed by atoms with E-state index in [-0.39, 0.29) is 6.04 Å². The van der Waals surface area contributed by atoms with Crippen molar-refractivity contribution in [3.05, 3.63) is 65.2 Å². The first kappa shape index (κ1) is 23.1. The Labute approximate surface area is 187 Å². The molecule has 0 saturated carbocycles. The van der Waals surface area contributed by atoms with Crippen LogP contribution in [0.5, 0.6) is 5.75 Å². The topological polar surface area (TPSA) is 52.1 Å². The molecule has 0 aliphatic carbocycles. The number of guanidine groups is 1. The van der Waals surface area contributed by atoms with Crippen LogP contribution in [-0.2, 0) is 13.1 Å². The van der Waals surface area contributed by atoms with Gasteiger partial charge in [0.1, 0.15) is 5.75 Å². The van der Waals surface area contributed by atoms with Crippen molar-refractivity contribution >= 4 is 5.96 Å². The fourth-order valence-electron chi connectivity index (χ4n) is 4.25. The fraction of sp³-hybridized carbons (Fsp3) is 0.480. The van der Waals surface area contributed by atoms with Crippen LogP contribution in [0, 0.1) is 0 Å². The van der Waals surface area contributed by atoms with Crippen molar-refractivity contribution in [3.8, 4) is 5.75 Å². The van der Waals surface area contributed by atoms with Crippen LogP contribution < -0.4 is 15.4 Å². The van der Waals surface area contributed by atoms with Gasteiger partial charge >= 0.3 is 0 Å². The van der Waals surface area contributed by atoms with Gasteiger partial charge in [0.25, 0.3) is 0 Å². The van der Waals surface area contributed by atoms with Crippen molar-refractivity contribution in [1.82, 2.24) is 20.4 Å². The van der Waals surface area contributed by atoms with E-state index in [1.54, 1.807) is 7.11 Å². The van der Waals surface area contributed by atoms with Crippen molar-refractivity contribution in [2.75, 3.05) is 47.9 Å². The lowest BCUT2D eigenvalue weighted by atomic mass is 10.0. The molecule has 31 heavy (non-hydrogen) atoms. The van der Waals surface area contributed by atoms with Crippen LogP contribution in [0.25, 0.3) is 0 Å². The number of hydrogen-bond acceptors (Lipinski definition) is 4. The van der Waals surface area contributed by atoms with Crippen molar-refractivity contribution < 1.29 is 4.74 Å². The number of likely N-dealkylation sites (tertiary alicyclic amines) is 1. The molecule has 2 aromatic carbocycles. The van der Waals surface area contributed by atoms with E-state index in [1.165, 1.54) is 29.5 Å². The molecule has 1 aliphatic rings. The van der Waals surface area contributed by atoms with Crippen LogP contribution >= 0.6 is 0 Å². The monoisotopic (exact) mass is 423 g/mol. The molecule has 1 saturated heterocycles. The van der Waals surface area contributed by atoms with Gasteiger partial charge in [0.15, 0.2) is 5.96 Å². The average Bonchev–Trinajstić information content (AvgIpc) is 3.31. The van der Waals surface area contributed by atoms with E-state index in [4.69, 9.17) is 4.74 Å². The number of benzene rings is 2. The van der Waals surface area contributed by atoms with Crippen LogP contribution in [-0.4, -0.2) is 63.6 Å². The Hall–Kier alpha value is -2.57. The van der Waals surface area contributed by atoms with Gasteiger partial charge in [-0.15, -0.1) is 0 Å². The van der Waals surface area contributed by atoms with E-state index < -0.39 is 0 Å². The molecular weight excluding hydrogens is 386 g/mol. The lowest BCUT2D eigenvalue weighted by Gasteiger charge is -2.30. The van der Waals surface area contributed by atoms with Gasteiger partial charge in [0.2, 0.25) is 0 Å². The third kappa shape index (κ3) is 6.45. The SMILES string of the molecule is CN=C(NCc1ccccc1CN(C)C)NCC(c1ccccc1OC)N1CCCC1. The number of nitrogens with zero attached hydrogens (tertiary/aromatic N) is 3. The molecule has 0 radical (unpaired) electrons. The van der Waals surface area contributed by atoms with Gasteiger partial charge in [-0.25, -0.2) is 0 Å². The summed E-state index contributed by atoms with van der Waals surface area (Å²) in [6.07, 6.45) is 2.50. The summed E-state index contributed by atoms with van der Waals surface area (Å²) in [5.41, 5.74) is 3.85. The molecule has 0 bridgehead atoms. The van der Waals surface area contributed by atoms with Crippen molar-refractivity contribution in [3.63, 3.8) is 0 Å². The summed E-state index contributed by atoms with van der Waals surface area (Å²) < 4.78 is 5.66. The summed E-state index contributed by atoms with van der Waals surface area (Å²) in [6.45, 7) is 4.68. The smallest absolute Gasteiger partial charge is 0.191 e. The molecule has 0 aromatic heterocycles. The summed E-state index contributed by atoms with van der Waals surface area (Å²) in [4.78, 5) is 9.20. The van der Waals surface area contributed by atoms with Crippen LogP contribution in [0.15, 0.2) is 53.5 Å². The summed E-state index contributed by atoms with van der Waals surface area (Å²) in [7, 11) is 7.77. The van der Waals surface area contributed by atoms with Gasteiger partial charge in [-0.3, -0.25) is 9.89 Å². The summed E-state index contributed by atoms with van der Waals surface area (Å²) >= 11 is 0. The predicted molar refractivity (Wildman–Crippen MR) is 129 cm³/mol. The zero-order valence-corrected chi connectivity index (χ0v) is 19.4. The number of para-hydroxylation sites is 1. The van der Waals surface area contributed by atoms with Gasteiger partial charge in [-0.1, -0.05) is 42.5 Å². The third-order valence-corrected chi connectivity index (χ3v) is 5.82. The largest absolute Gasteiger partial charge is 0.496 e. The Balaban J connectivity index is 1.66. The summed E-state index contributed by atoms with van der Waals surface area (Å²) in [5, 5.41) is 7.05. The number of methoxy groups -OCH3 is 1. The molecule has 6 heteroatoms. The van der Waals surface area contributed by atoms with E-state index in [1.807, 2.05) is 19.2 Å². The molecule has 6 nitrogen and oxygen atoms in total. The number of nitrogens with one attached hydrogen (secondary N) is 2. The number of hydrogen-bond donors (Lipinski definition) is 2. The second kappa shape index (κ2) is 11.7. The van der Waals surface area contributed by atoms with Gasteiger partial charge in [-0.2, -0.15) is 0 Å². The zero-order valence-electron chi connectivity index (χ0n) is 19.4. The maximum Gasteiger partial charge on any atom is 0.191 e. The molecule has 3 rings (SSSR count). The highest BCUT2D eigenvalue weighted by atomic mass is 16.5. The minimum atomic E-state index is 0.248. The number of ether oxygens (including phenoxy) is 1. The second-order valence-electron chi connectivity index (χ2n) is 8.31. The molecular formula is C25H37N5O. The molecule has 2 N–H and O–H groups in total. The molecule has 0 amide bonds. The average molecular weight is 424 g/mol. The maximum absolute atomic E-state index is 5.66. The molecule has 168 valence electrons. The standard InChI is InChI=1S/C25H37N5O/c1-26-25(27-17-20-11-5-6-12-21(20)19-29(2)3)28-18-23(30-15-9-10-16-30)22-13-7-8-14-24(22)31-4/h5-8,11-14,23H,9-10,15-19H2,1-4H3,(H2,26,27,28). The third-order valence-electron chi connectivity index (χ3n) is 5.82. The van der Waals surface area contributed by atoms with E-state index in [0.717, 1.165) is 44.4 Å². The van der Waals surface area contributed by atoms with Gasteiger partial charge < -0.3 is 20.3 Å². The molecule has 1 aliphatic heterocycles. The molecule has 1 unspecified atom stereocenters. The van der Waals surface area contributed by atoms with Crippen molar-refractivity contribution in [2.45, 2.75) is 32.0 Å². The van der Waals surface area contributed by atoms with Crippen LogP contribution in [0.4, 0.5) is 0 Å². The lowest BCUT2D eigenvalue weighted by molar-refractivity contribution is 0.239. The lowest BCUT2D eigenvalue weighted by Crippen LogP contribution is -2.42. The minimum Gasteiger partial charge on any atom is -0.496 e. The van der Waals surface area contributed by atoms with Gasteiger partial charge in [0.05, 0.1) is 13.2 Å². The minimum absolute atomic E-state index is 0.248. The van der Waals surface area contributed by atoms with Gasteiger partial charge in [-0.05, 0) is 57.2 Å². The van der Waals surface area contributed by atoms with E-state index >= 15 is 0 Å². The quantitative estimate of drug-likeness (QED) is 0.479. The Bertz CT molecular complexity index is 845. The second-order valence-corrected chi connectivity index (χ2v) is 8.31. The Morgan fingerprint density at radius 2 is 1.71 bits per heavy atom. The van der Waals surface area contributed by atoms with E-state index in [0.29, 0.717) is 0 Å². The van der Waals surface area contributed by atoms with Crippen molar-refractivity contribution in [2.24, 2.45) is 4.99 Å². The Morgan fingerprint density at radius 1 is 1.03 bits per heavy atom. The van der Waals surface area contributed by atoms with Crippen LogP contribution in [0.3, 0.4) is 0 Å². The Kier molecular flexibility index (Phi) is 8.74. The zero-order chi connectivity index (χ0) is 22.1. The molecule has 1 heterocycles. The predicted octanol–water partition coefficient (Wildman–Crippen LogP) is 3.26. The number of rotatable bonds is 9. The van der Waals surface area contributed by atoms with Crippen molar-refractivity contribution in [1.29, 1.82) is 0 Å². The van der Waals surface area contributed by atoms with E-state index in [2.05, 4.69) is 75.9 Å². The molecule has 1 fully saturated rings. The fourth-order valence-corrected chi connectivity index (χ4v) is 4.25.